The van der Waals surface area contributed by atoms with Crippen LogP contribution in [0.1, 0.15) is 46.5 Å². The van der Waals surface area contributed by atoms with E-state index in [1.807, 2.05) is 4.90 Å². The Balaban J connectivity index is 2.34. The van der Waals surface area contributed by atoms with Crippen LogP contribution >= 0.6 is 0 Å². The molecule has 0 radical (unpaired) electrons. The van der Waals surface area contributed by atoms with E-state index in [4.69, 9.17) is 5.11 Å². The van der Waals surface area contributed by atoms with Gasteiger partial charge in [-0.25, -0.2) is 0 Å². The molecule has 94 valence electrons. The van der Waals surface area contributed by atoms with E-state index < -0.39 is 0 Å². The van der Waals surface area contributed by atoms with E-state index in [0.29, 0.717) is 18.3 Å². The fourth-order valence-electron chi connectivity index (χ4n) is 2.38. The third-order valence-electron chi connectivity index (χ3n) is 3.62. The summed E-state index contributed by atoms with van der Waals surface area (Å²) in [6, 6.07) is 0. The number of hydrogen-bond acceptors (Lipinski definition) is 2. The molecule has 0 unspecified atom stereocenters. The highest BCUT2D eigenvalue weighted by Crippen LogP contribution is 2.34. The first kappa shape index (κ1) is 13.5. The van der Waals surface area contributed by atoms with Crippen LogP contribution < -0.4 is 0 Å². The highest BCUT2D eigenvalue weighted by molar-refractivity contribution is 5.76. The van der Waals surface area contributed by atoms with Crippen LogP contribution in [0.15, 0.2) is 0 Å². The molecule has 1 fully saturated rings. The van der Waals surface area contributed by atoms with Gasteiger partial charge in [-0.2, -0.15) is 0 Å². The Kier molecular flexibility index (Phi) is 4.78. The summed E-state index contributed by atoms with van der Waals surface area (Å²) in [7, 11) is 0. The van der Waals surface area contributed by atoms with Gasteiger partial charge in [0.1, 0.15) is 0 Å². The monoisotopic (exact) mass is 227 g/mol. The van der Waals surface area contributed by atoms with Crippen LogP contribution in [-0.4, -0.2) is 35.6 Å². The van der Waals surface area contributed by atoms with Crippen molar-refractivity contribution in [3.63, 3.8) is 0 Å². The zero-order valence-corrected chi connectivity index (χ0v) is 10.8. The van der Waals surface area contributed by atoms with Gasteiger partial charge >= 0.3 is 0 Å². The largest absolute Gasteiger partial charge is 0.396 e. The van der Waals surface area contributed by atoms with Crippen molar-refractivity contribution in [3.05, 3.63) is 0 Å². The molecule has 1 heterocycles. The zero-order chi connectivity index (χ0) is 12.2. The smallest absolute Gasteiger partial charge is 0.222 e. The second kappa shape index (κ2) is 5.67. The lowest BCUT2D eigenvalue weighted by Crippen LogP contribution is -2.41. The molecule has 1 aliphatic heterocycles. The second-order valence-electron chi connectivity index (χ2n) is 5.85. The average molecular weight is 227 g/mol. The van der Waals surface area contributed by atoms with E-state index >= 15 is 0 Å². The third-order valence-corrected chi connectivity index (χ3v) is 3.62. The van der Waals surface area contributed by atoms with Crippen LogP contribution in [0.2, 0.25) is 0 Å². The van der Waals surface area contributed by atoms with Crippen molar-refractivity contribution in [2.24, 2.45) is 11.3 Å². The zero-order valence-electron chi connectivity index (χ0n) is 10.8. The van der Waals surface area contributed by atoms with Crippen LogP contribution in [0.4, 0.5) is 0 Å². The van der Waals surface area contributed by atoms with Gasteiger partial charge < -0.3 is 10.0 Å². The number of hydrogen-bond donors (Lipinski definition) is 1. The number of carbonyl (C=O) groups excluding carboxylic acids is 1. The standard InChI is InChI=1S/C13H25NO2/c1-13(2,3)11-6-8-14(9-7-11)12(16)5-4-10-15/h11,15H,4-10H2,1-3H3. The Morgan fingerprint density at radius 3 is 2.31 bits per heavy atom. The van der Waals surface area contributed by atoms with Crippen molar-refractivity contribution in [3.8, 4) is 0 Å². The summed E-state index contributed by atoms with van der Waals surface area (Å²) < 4.78 is 0. The molecular formula is C13H25NO2. The predicted molar refractivity (Wildman–Crippen MR) is 65.1 cm³/mol. The van der Waals surface area contributed by atoms with E-state index in [1.165, 1.54) is 0 Å². The van der Waals surface area contributed by atoms with E-state index in [-0.39, 0.29) is 12.5 Å². The maximum atomic E-state index is 11.7. The molecule has 16 heavy (non-hydrogen) atoms. The molecule has 3 heteroatoms. The van der Waals surface area contributed by atoms with E-state index in [0.717, 1.165) is 31.8 Å². The van der Waals surface area contributed by atoms with E-state index in [2.05, 4.69) is 20.8 Å². The molecule has 0 bridgehead atoms. The molecule has 1 aliphatic rings. The molecule has 1 amide bonds. The molecule has 3 nitrogen and oxygen atoms in total. The molecule has 0 saturated carbocycles. The number of carbonyl (C=O) groups is 1. The van der Waals surface area contributed by atoms with Gasteiger partial charge in [0.05, 0.1) is 0 Å². The predicted octanol–water partition coefficient (Wildman–Crippen LogP) is 2.04. The molecule has 0 aromatic carbocycles. The lowest BCUT2D eigenvalue weighted by molar-refractivity contribution is -0.133. The Hall–Kier alpha value is -0.570. The van der Waals surface area contributed by atoms with Gasteiger partial charge in [-0.1, -0.05) is 20.8 Å². The summed E-state index contributed by atoms with van der Waals surface area (Å²) in [6.45, 7) is 8.74. The molecule has 0 atom stereocenters. The van der Waals surface area contributed by atoms with Gasteiger partial charge in [0.25, 0.3) is 0 Å². The fourth-order valence-corrected chi connectivity index (χ4v) is 2.38. The number of rotatable bonds is 3. The van der Waals surface area contributed by atoms with Gasteiger partial charge in [-0.3, -0.25) is 4.79 Å². The molecule has 0 spiro atoms. The molecule has 0 aliphatic carbocycles. The maximum Gasteiger partial charge on any atom is 0.222 e. The van der Waals surface area contributed by atoms with Gasteiger partial charge in [0.15, 0.2) is 0 Å². The van der Waals surface area contributed by atoms with E-state index in [9.17, 15) is 4.79 Å². The van der Waals surface area contributed by atoms with Crippen LogP contribution in [0.3, 0.4) is 0 Å². The number of nitrogens with zero attached hydrogens (tertiary/aromatic N) is 1. The molecule has 0 aromatic heterocycles. The first-order valence-corrected chi connectivity index (χ1v) is 6.34. The summed E-state index contributed by atoms with van der Waals surface area (Å²) in [5.41, 5.74) is 0.361. The maximum absolute atomic E-state index is 11.7. The lowest BCUT2D eigenvalue weighted by atomic mass is 9.75. The molecule has 0 aromatic rings. The Morgan fingerprint density at radius 2 is 1.88 bits per heavy atom. The number of aliphatic hydroxyl groups is 1. The normalized spacial score (nSPS) is 18.9. The molecular weight excluding hydrogens is 202 g/mol. The Bertz CT molecular complexity index is 225. The van der Waals surface area contributed by atoms with Crippen LogP contribution in [0.5, 0.6) is 0 Å². The van der Waals surface area contributed by atoms with Crippen LogP contribution in [-0.2, 0) is 4.79 Å². The van der Waals surface area contributed by atoms with Crippen LogP contribution in [0, 0.1) is 11.3 Å². The number of aliphatic hydroxyl groups excluding tert-OH is 1. The summed E-state index contributed by atoms with van der Waals surface area (Å²) in [5, 5.41) is 8.69. The second-order valence-corrected chi connectivity index (χ2v) is 5.85. The van der Waals surface area contributed by atoms with Gasteiger partial charge in [-0.05, 0) is 30.6 Å². The number of likely N-dealkylation sites (tertiary alicyclic amines) is 1. The first-order chi connectivity index (χ1) is 7.45. The van der Waals surface area contributed by atoms with Crippen molar-refractivity contribution < 1.29 is 9.90 Å². The first-order valence-electron chi connectivity index (χ1n) is 6.34. The van der Waals surface area contributed by atoms with E-state index in [1.54, 1.807) is 0 Å². The average Bonchev–Trinajstić information content (AvgIpc) is 2.25. The van der Waals surface area contributed by atoms with Crippen molar-refractivity contribution in [1.29, 1.82) is 0 Å². The molecule has 1 rings (SSSR count). The highest BCUT2D eigenvalue weighted by atomic mass is 16.3. The summed E-state index contributed by atoms with van der Waals surface area (Å²) >= 11 is 0. The minimum absolute atomic E-state index is 0.115. The van der Waals surface area contributed by atoms with Gasteiger partial charge in [-0.15, -0.1) is 0 Å². The minimum Gasteiger partial charge on any atom is -0.396 e. The molecule has 1 saturated heterocycles. The third kappa shape index (κ3) is 3.78. The number of amides is 1. The Labute approximate surface area is 98.8 Å². The highest BCUT2D eigenvalue weighted by Gasteiger charge is 2.29. The number of piperidine rings is 1. The van der Waals surface area contributed by atoms with Crippen molar-refractivity contribution in [1.82, 2.24) is 4.90 Å². The van der Waals surface area contributed by atoms with Crippen molar-refractivity contribution in [2.45, 2.75) is 46.5 Å². The van der Waals surface area contributed by atoms with Crippen molar-refractivity contribution in [2.75, 3.05) is 19.7 Å². The summed E-state index contributed by atoms with van der Waals surface area (Å²) in [5.74, 6) is 0.941. The minimum atomic E-state index is 0.115. The van der Waals surface area contributed by atoms with Gasteiger partial charge in [0.2, 0.25) is 5.91 Å². The van der Waals surface area contributed by atoms with Crippen LogP contribution in [0.25, 0.3) is 0 Å². The summed E-state index contributed by atoms with van der Waals surface area (Å²) in [6.07, 6.45) is 3.33. The SMILES string of the molecule is CC(C)(C)C1CCN(C(=O)CCCO)CC1. The quantitative estimate of drug-likeness (QED) is 0.801. The lowest BCUT2D eigenvalue weighted by Gasteiger charge is -2.38. The molecule has 1 N–H and O–H groups in total. The van der Waals surface area contributed by atoms with Crippen molar-refractivity contribution >= 4 is 5.91 Å². The topological polar surface area (TPSA) is 40.5 Å². The summed E-state index contributed by atoms with van der Waals surface area (Å²) in [4.78, 5) is 13.7. The Morgan fingerprint density at radius 1 is 1.31 bits per heavy atom. The van der Waals surface area contributed by atoms with Gasteiger partial charge in [0, 0.05) is 26.1 Å². The fraction of sp³-hybridized carbons (Fsp3) is 0.923.